The molecule has 39 heavy (non-hydrogen) atoms. The third-order valence-corrected chi connectivity index (χ3v) is 8.50. The van der Waals surface area contributed by atoms with Gasteiger partial charge in [0, 0.05) is 32.8 Å². The van der Waals surface area contributed by atoms with Crippen molar-refractivity contribution >= 4 is 28.8 Å². The van der Waals surface area contributed by atoms with Gasteiger partial charge in [-0.3, -0.25) is 14.4 Å². The van der Waals surface area contributed by atoms with Crippen LogP contribution in [0.4, 0.5) is 0 Å². The highest BCUT2D eigenvalue weighted by Gasteiger charge is 2.74. The number of nitrogens with zero attached hydrogens (tertiary/aromatic N) is 6. The summed E-state index contributed by atoms with van der Waals surface area (Å²) in [6, 6.07) is 6.55. The Labute approximate surface area is 226 Å². The molecule has 0 aliphatic carbocycles. The van der Waals surface area contributed by atoms with Crippen molar-refractivity contribution in [3.05, 3.63) is 48.6 Å². The van der Waals surface area contributed by atoms with Crippen molar-refractivity contribution in [2.75, 3.05) is 32.8 Å². The molecule has 1 N–H and O–H groups in total. The van der Waals surface area contributed by atoms with E-state index in [4.69, 9.17) is 4.74 Å². The van der Waals surface area contributed by atoms with Crippen LogP contribution < -0.4 is 0 Å². The summed E-state index contributed by atoms with van der Waals surface area (Å²) in [5.74, 6) is -2.31. The number of fused-ring (bicyclic) bond motifs is 3. The molecule has 2 aromatic rings. The fraction of sp³-hybridized carbons (Fsp3) is 0.536. The van der Waals surface area contributed by atoms with Gasteiger partial charge in [0.05, 0.1) is 23.0 Å². The number of para-hydroxylation sites is 1. The van der Waals surface area contributed by atoms with Gasteiger partial charge in [0.25, 0.3) is 5.91 Å². The van der Waals surface area contributed by atoms with Crippen molar-refractivity contribution in [2.45, 2.75) is 50.6 Å². The molecule has 1 aromatic heterocycles. The highest BCUT2D eigenvalue weighted by Crippen LogP contribution is 2.57. The van der Waals surface area contributed by atoms with Crippen LogP contribution in [0, 0.1) is 11.8 Å². The van der Waals surface area contributed by atoms with Crippen LogP contribution in [0.2, 0.25) is 0 Å². The molecule has 206 valence electrons. The van der Waals surface area contributed by atoms with Crippen LogP contribution in [0.3, 0.4) is 0 Å². The van der Waals surface area contributed by atoms with Gasteiger partial charge in [-0.25, -0.2) is 4.68 Å². The predicted molar refractivity (Wildman–Crippen MR) is 141 cm³/mol. The first-order valence-corrected chi connectivity index (χ1v) is 13.7. The number of hydrogen-bond donors (Lipinski definition) is 1. The van der Waals surface area contributed by atoms with E-state index in [2.05, 4.69) is 10.3 Å². The number of rotatable bonds is 7. The largest absolute Gasteiger partial charge is 0.396 e. The minimum Gasteiger partial charge on any atom is -0.396 e. The van der Waals surface area contributed by atoms with Gasteiger partial charge < -0.3 is 24.5 Å². The molecule has 4 aliphatic heterocycles. The summed E-state index contributed by atoms with van der Waals surface area (Å²) in [6.07, 6.45) is 8.62. The average Bonchev–Trinajstić information content (AvgIpc) is 3.45. The Bertz CT molecular complexity index is 1370. The van der Waals surface area contributed by atoms with E-state index in [0.29, 0.717) is 19.5 Å². The number of likely N-dealkylation sites (tertiary alicyclic amines) is 1. The molecule has 1 aromatic carbocycles. The summed E-state index contributed by atoms with van der Waals surface area (Å²) in [4.78, 5) is 47.4. The summed E-state index contributed by atoms with van der Waals surface area (Å²) in [5, 5.41) is 18.0. The molecule has 4 aliphatic rings. The fourth-order valence-electron chi connectivity index (χ4n) is 6.88. The number of aliphatic hydroxyl groups is 1. The first kappa shape index (κ1) is 25.7. The van der Waals surface area contributed by atoms with Crippen molar-refractivity contribution in [1.82, 2.24) is 29.7 Å². The van der Waals surface area contributed by atoms with E-state index >= 15 is 0 Å². The Morgan fingerprint density at radius 1 is 1.00 bits per heavy atom. The Kier molecular flexibility index (Phi) is 6.30. The van der Waals surface area contributed by atoms with Crippen molar-refractivity contribution in [2.24, 2.45) is 11.8 Å². The van der Waals surface area contributed by atoms with Crippen LogP contribution in [0.1, 0.15) is 26.7 Å². The Morgan fingerprint density at radius 3 is 2.56 bits per heavy atom. The maximum absolute atomic E-state index is 14.3. The van der Waals surface area contributed by atoms with Crippen molar-refractivity contribution in [3.63, 3.8) is 0 Å². The smallest absolute Gasteiger partial charge is 0.250 e. The highest BCUT2D eigenvalue weighted by atomic mass is 16.5. The van der Waals surface area contributed by atoms with Gasteiger partial charge in [-0.15, -0.1) is 5.10 Å². The van der Waals surface area contributed by atoms with E-state index in [9.17, 15) is 19.5 Å². The minimum atomic E-state index is -1.31. The number of carbonyl (C=O) groups excluding carboxylic acids is 3. The number of ether oxygens (including phenoxy) is 1. The number of amides is 3. The maximum Gasteiger partial charge on any atom is 0.250 e. The second kappa shape index (κ2) is 9.56. The van der Waals surface area contributed by atoms with Crippen LogP contribution in [0.25, 0.3) is 11.0 Å². The predicted octanol–water partition coefficient (Wildman–Crippen LogP) is 0.949. The minimum absolute atomic E-state index is 0.124. The maximum atomic E-state index is 14.3. The molecule has 5 heterocycles. The number of aliphatic hydroxyl groups excluding tert-OH is 1. The van der Waals surface area contributed by atoms with Gasteiger partial charge in [-0.2, -0.15) is 0 Å². The fourth-order valence-corrected chi connectivity index (χ4v) is 6.88. The molecule has 1 spiro atoms. The SMILES string of the molecule is CCCN1CC=C[C@@]2(C)O[C@]34C=CCN(Cn5nnc6ccccc65)C(=O)C3N(CCCO)C(=O)[C@@H]4[C@H]2C1=O. The summed E-state index contributed by atoms with van der Waals surface area (Å²) < 4.78 is 8.47. The van der Waals surface area contributed by atoms with Crippen LogP contribution in [0.15, 0.2) is 48.6 Å². The third kappa shape index (κ3) is 3.81. The third-order valence-electron chi connectivity index (χ3n) is 8.50. The Morgan fingerprint density at radius 2 is 1.77 bits per heavy atom. The molecule has 1 unspecified atom stereocenters. The molecule has 3 amide bonds. The zero-order chi connectivity index (χ0) is 27.4. The van der Waals surface area contributed by atoms with Crippen LogP contribution >= 0.6 is 0 Å². The standard InChI is InChI=1S/C28H34N6O5/c1-3-13-31-14-6-11-27(2)21(24(31)36)22-25(37)33(16-8-17-35)23-26(38)32(15-7-12-28(22,23)39-27)18-34-20-10-5-4-9-19(20)29-30-34/h4-7,9-12,21-23,35H,3,8,13-18H2,1-2H3/t21-,22-,23?,27+,28-/m0/s1. The van der Waals surface area contributed by atoms with E-state index in [-0.39, 0.29) is 44.1 Å². The molecular formula is C28H34N6O5. The second-order valence-electron chi connectivity index (χ2n) is 11.0. The van der Waals surface area contributed by atoms with Gasteiger partial charge in [0.1, 0.15) is 23.8 Å². The lowest BCUT2D eigenvalue weighted by atomic mass is 9.74. The lowest BCUT2D eigenvalue weighted by molar-refractivity contribution is -0.153. The van der Waals surface area contributed by atoms with E-state index in [1.54, 1.807) is 14.5 Å². The molecule has 0 radical (unpaired) electrons. The summed E-state index contributed by atoms with van der Waals surface area (Å²) in [7, 11) is 0. The van der Waals surface area contributed by atoms with E-state index in [1.165, 1.54) is 4.90 Å². The number of hydrogen-bond acceptors (Lipinski definition) is 7. The first-order valence-electron chi connectivity index (χ1n) is 13.7. The van der Waals surface area contributed by atoms with Crippen molar-refractivity contribution < 1.29 is 24.2 Å². The summed E-state index contributed by atoms with van der Waals surface area (Å²) in [5.41, 5.74) is -0.827. The number of carbonyl (C=O) groups is 3. The number of benzene rings is 1. The monoisotopic (exact) mass is 534 g/mol. The molecule has 0 bridgehead atoms. The molecule has 11 heteroatoms. The Balaban J connectivity index is 1.41. The number of aromatic nitrogens is 3. The van der Waals surface area contributed by atoms with Gasteiger partial charge >= 0.3 is 0 Å². The van der Waals surface area contributed by atoms with Gasteiger partial charge in [-0.1, -0.05) is 48.6 Å². The second-order valence-corrected chi connectivity index (χ2v) is 11.0. The molecule has 2 saturated heterocycles. The quantitative estimate of drug-likeness (QED) is 0.525. The van der Waals surface area contributed by atoms with Crippen LogP contribution in [-0.2, 0) is 25.8 Å². The van der Waals surface area contributed by atoms with Crippen molar-refractivity contribution in [1.29, 1.82) is 0 Å². The van der Waals surface area contributed by atoms with Crippen LogP contribution in [-0.4, -0.2) is 103 Å². The molecule has 0 saturated carbocycles. The van der Waals surface area contributed by atoms with E-state index < -0.39 is 29.1 Å². The zero-order valence-electron chi connectivity index (χ0n) is 22.3. The molecule has 2 fully saturated rings. The van der Waals surface area contributed by atoms with Gasteiger partial charge in [-0.05, 0) is 31.9 Å². The van der Waals surface area contributed by atoms with E-state index in [0.717, 1.165) is 17.5 Å². The first-order chi connectivity index (χ1) is 18.8. The summed E-state index contributed by atoms with van der Waals surface area (Å²) >= 11 is 0. The molecule has 6 rings (SSSR count). The topological polar surface area (TPSA) is 121 Å². The Hall–Kier alpha value is -3.57. The van der Waals surface area contributed by atoms with Crippen LogP contribution in [0.5, 0.6) is 0 Å². The lowest BCUT2D eigenvalue weighted by Gasteiger charge is -2.37. The van der Waals surface area contributed by atoms with E-state index in [1.807, 2.05) is 62.4 Å². The van der Waals surface area contributed by atoms with Gasteiger partial charge in [0.2, 0.25) is 11.8 Å². The summed E-state index contributed by atoms with van der Waals surface area (Å²) in [6.45, 7) is 5.40. The van der Waals surface area contributed by atoms with Crippen molar-refractivity contribution in [3.8, 4) is 0 Å². The zero-order valence-corrected chi connectivity index (χ0v) is 22.3. The highest BCUT2D eigenvalue weighted by molar-refractivity contribution is 6.00. The van der Waals surface area contributed by atoms with Gasteiger partial charge in [0.15, 0.2) is 0 Å². The molecular weight excluding hydrogens is 500 g/mol. The average molecular weight is 535 g/mol. The molecule has 11 nitrogen and oxygen atoms in total. The lowest BCUT2D eigenvalue weighted by Crippen LogP contribution is -2.56. The molecule has 5 atom stereocenters. The normalized spacial score (nSPS) is 32.0.